The van der Waals surface area contributed by atoms with E-state index < -0.39 is 17.0 Å². The lowest BCUT2D eigenvalue weighted by Gasteiger charge is -2.31. The van der Waals surface area contributed by atoms with Crippen LogP contribution in [-0.2, 0) is 15.1 Å². The molecule has 5 heteroatoms. The van der Waals surface area contributed by atoms with Gasteiger partial charge in [-0.25, -0.2) is 0 Å². The Morgan fingerprint density at radius 3 is 1.93 bits per heavy atom. The fourth-order valence-electron chi connectivity index (χ4n) is 2.78. The van der Waals surface area contributed by atoms with E-state index >= 15 is 0 Å². The number of ketones is 1. The summed E-state index contributed by atoms with van der Waals surface area (Å²) < 4.78 is 11.8. The van der Waals surface area contributed by atoms with E-state index in [2.05, 4.69) is 7.85 Å². The molecule has 0 aliphatic rings. The predicted octanol–water partition coefficient (Wildman–Crippen LogP) is 4.58. The molecule has 0 saturated heterocycles. The SMILES string of the molecule is BCC(C)(C)Oc1ccc(C(C)(C)OC(=O)C(C)(C)C(=O)c2ccccc2)cc1. The van der Waals surface area contributed by atoms with Crippen molar-refractivity contribution in [3.8, 4) is 5.75 Å². The first-order valence-corrected chi connectivity index (χ1v) is 10.0. The van der Waals surface area contributed by atoms with E-state index in [1.807, 2.05) is 58.0 Å². The average molecular weight is 394 g/mol. The Morgan fingerprint density at radius 2 is 1.41 bits per heavy atom. The Kier molecular flexibility index (Phi) is 6.62. The van der Waals surface area contributed by atoms with Gasteiger partial charge in [0.15, 0.2) is 5.78 Å². The van der Waals surface area contributed by atoms with Gasteiger partial charge in [0.1, 0.15) is 24.6 Å². The highest BCUT2D eigenvalue weighted by Crippen LogP contribution is 2.32. The molecule has 4 nitrogen and oxygen atoms in total. The lowest BCUT2D eigenvalue weighted by Crippen LogP contribution is -2.39. The van der Waals surface area contributed by atoms with Crippen molar-refractivity contribution in [1.82, 2.24) is 0 Å². The summed E-state index contributed by atoms with van der Waals surface area (Å²) in [6, 6.07) is 16.3. The minimum absolute atomic E-state index is 0.245. The first-order chi connectivity index (χ1) is 13.4. The molecule has 0 radical (unpaired) electrons. The smallest absolute Gasteiger partial charge is 0.320 e. The molecule has 154 valence electrons. The van der Waals surface area contributed by atoms with Crippen LogP contribution in [-0.4, -0.2) is 25.2 Å². The van der Waals surface area contributed by atoms with Gasteiger partial charge in [-0.3, -0.25) is 9.59 Å². The Bertz CT molecular complexity index is 852. The van der Waals surface area contributed by atoms with Gasteiger partial charge in [0.25, 0.3) is 0 Å². The number of carbonyl (C=O) groups is 2. The van der Waals surface area contributed by atoms with Gasteiger partial charge in [-0.1, -0.05) is 42.5 Å². The van der Waals surface area contributed by atoms with Gasteiger partial charge in [0, 0.05) is 5.56 Å². The molecule has 0 unspecified atom stereocenters. The van der Waals surface area contributed by atoms with E-state index in [1.54, 1.807) is 38.1 Å². The average Bonchev–Trinajstić information content (AvgIpc) is 2.67. The zero-order valence-corrected chi connectivity index (χ0v) is 18.5. The molecule has 0 heterocycles. The van der Waals surface area contributed by atoms with Crippen molar-refractivity contribution >= 4 is 19.6 Å². The number of rotatable bonds is 8. The Morgan fingerprint density at radius 1 is 0.862 bits per heavy atom. The summed E-state index contributed by atoms with van der Waals surface area (Å²) in [5.74, 6) is -0.0458. The highest BCUT2D eigenvalue weighted by Gasteiger charge is 2.41. The van der Waals surface area contributed by atoms with Crippen LogP contribution in [0.1, 0.15) is 57.5 Å². The number of ether oxygens (including phenoxy) is 2. The number of Topliss-reactive ketones (excluding diaryl/α,β-unsaturated/α-hetero) is 1. The first-order valence-electron chi connectivity index (χ1n) is 10.0. The molecule has 2 aromatic carbocycles. The topological polar surface area (TPSA) is 52.6 Å². The molecule has 0 aromatic heterocycles. The lowest BCUT2D eigenvalue weighted by atomic mass is 9.84. The molecule has 0 bridgehead atoms. The zero-order valence-electron chi connectivity index (χ0n) is 18.5. The zero-order chi connectivity index (χ0) is 21.9. The summed E-state index contributed by atoms with van der Waals surface area (Å²) in [5.41, 5.74) is -1.09. The quantitative estimate of drug-likeness (QED) is 0.285. The van der Waals surface area contributed by atoms with Crippen LogP contribution in [0.5, 0.6) is 5.75 Å². The normalized spacial score (nSPS) is 12.3. The van der Waals surface area contributed by atoms with Gasteiger partial charge >= 0.3 is 5.97 Å². The Balaban J connectivity index is 2.15. The van der Waals surface area contributed by atoms with Crippen molar-refractivity contribution < 1.29 is 19.1 Å². The summed E-state index contributed by atoms with van der Waals surface area (Å²) in [4.78, 5) is 25.7. The molecule has 2 aromatic rings. The first kappa shape index (κ1) is 22.7. The molecule has 0 aliphatic heterocycles. The van der Waals surface area contributed by atoms with Gasteiger partial charge in [0.05, 0.1) is 5.60 Å². The second-order valence-electron chi connectivity index (χ2n) is 8.96. The largest absolute Gasteiger partial charge is 0.489 e. The highest BCUT2D eigenvalue weighted by atomic mass is 16.6. The standard InChI is InChI=1S/C24H31BO4/c1-22(2,16-25)28-19-14-12-18(13-15-19)24(5,6)29-21(27)23(3,4)20(26)17-10-8-7-9-11-17/h7-15H,16,25H2,1-6H3. The van der Waals surface area contributed by atoms with Crippen molar-refractivity contribution in [2.45, 2.75) is 59.1 Å². The van der Waals surface area contributed by atoms with Gasteiger partial charge in [-0.15, -0.1) is 0 Å². The van der Waals surface area contributed by atoms with E-state index in [-0.39, 0.29) is 11.4 Å². The third-order valence-corrected chi connectivity index (χ3v) is 5.26. The van der Waals surface area contributed by atoms with Crippen LogP contribution >= 0.6 is 0 Å². The van der Waals surface area contributed by atoms with Crippen molar-refractivity contribution in [3.63, 3.8) is 0 Å². The van der Waals surface area contributed by atoms with Gasteiger partial charge < -0.3 is 9.47 Å². The van der Waals surface area contributed by atoms with Crippen LogP contribution in [0, 0.1) is 5.41 Å². The van der Waals surface area contributed by atoms with E-state index in [9.17, 15) is 9.59 Å². The van der Waals surface area contributed by atoms with Gasteiger partial charge in [0.2, 0.25) is 0 Å². The molecular weight excluding hydrogens is 363 g/mol. The molecule has 0 N–H and O–H groups in total. The third-order valence-electron chi connectivity index (χ3n) is 5.26. The second kappa shape index (κ2) is 8.44. The van der Waals surface area contributed by atoms with Crippen molar-refractivity contribution in [3.05, 3.63) is 65.7 Å². The maximum absolute atomic E-state index is 12.9. The highest BCUT2D eigenvalue weighted by molar-refractivity contribution is 6.11. The molecule has 0 spiro atoms. The summed E-state index contributed by atoms with van der Waals surface area (Å²) in [5, 5.41) is 0. The van der Waals surface area contributed by atoms with Crippen molar-refractivity contribution in [2.24, 2.45) is 5.41 Å². The molecule has 29 heavy (non-hydrogen) atoms. The van der Waals surface area contributed by atoms with Gasteiger partial charge in [-0.05, 0) is 65.6 Å². The molecule has 0 saturated carbocycles. The molecule has 0 fully saturated rings. The van der Waals surface area contributed by atoms with E-state index in [0.29, 0.717) is 5.56 Å². The van der Waals surface area contributed by atoms with E-state index in [4.69, 9.17) is 9.47 Å². The number of hydrogen-bond donors (Lipinski definition) is 0. The van der Waals surface area contributed by atoms with Crippen LogP contribution in [0.25, 0.3) is 0 Å². The molecule has 2 rings (SSSR count). The number of esters is 1. The third kappa shape index (κ3) is 5.50. The summed E-state index contributed by atoms with van der Waals surface area (Å²) in [7, 11) is 2.08. The summed E-state index contributed by atoms with van der Waals surface area (Å²) in [6.07, 6.45) is 0.891. The molecule has 0 amide bonds. The van der Waals surface area contributed by atoms with Gasteiger partial charge in [-0.2, -0.15) is 0 Å². The lowest BCUT2D eigenvalue weighted by molar-refractivity contribution is -0.165. The fraction of sp³-hybridized carbons (Fsp3) is 0.417. The number of benzene rings is 2. The maximum atomic E-state index is 12.9. The van der Waals surface area contributed by atoms with Crippen LogP contribution in [0.3, 0.4) is 0 Å². The maximum Gasteiger partial charge on any atom is 0.320 e. The monoisotopic (exact) mass is 394 g/mol. The molecular formula is C24H31BO4. The minimum Gasteiger partial charge on any atom is -0.489 e. The minimum atomic E-state index is -1.28. The number of carbonyl (C=O) groups excluding carboxylic acids is 2. The molecule has 0 atom stereocenters. The second-order valence-corrected chi connectivity index (χ2v) is 8.96. The Labute approximate surface area is 175 Å². The van der Waals surface area contributed by atoms with E-state index in [0.717, 1.165) is 17.6 Å². The summed E-state index contributed by atoms with van der Waals surface area (Å²) >= 11 is 0. The van der Waals surface area contributed by atoms with Crippen molar-refractivity contribution in [2.75, 3.05) is 0 Å². The summed E-state index contributed by atoms with van der Waals surface area (Å²) in [6.45, 7) is 10.9. The fourth-order valence-corrected chi connectivity index (χ4v) is 2.78. The number of hydrogen-bond acceptors (Lipinski definition) is 4. The predicted molar refractivity (Wildman–Crippen MR) is 118 cm³/mol. The van der Waals surface area contributed by atoms with Crippen LogP contribution in [0.4, 0.5) is 0 Å². The molecule has 0 aliphatic carbocycles. The Hall–Kier alpha value is -2.56. The van der Waals surface area contributed by atoms with Crippen LogP contribution in [0.15, 0.2) is 54.6 Å². The van der Waals surface area contributed by atoms with Crippen LogP contribution < -0.4 is 4.74 Å². The van der Waals surface area contributed by atoms with E-state index in [1.165, 1.54) is 0 Å². The van der Waals surface area contributed by atoms with Crippen molar-refractivity contribution in [1.29, 1.82) is 0 Å². The van der Waals surface area contributed by atoms with Crippen LogP contribution in [0.2, 0.25) is 6.32 Å².